The fraction of sp³-hybridized carbons (Fsp3) is 0.136. The highest BCUT2D eigenvalue weighted by molar-refractivity contribution is 6.35. The van der Waals surface area contributed by atoms with Crippen LogP contribution in [0.4, 0.5) is 5.69 Å². The first-order valence-electron chi connectivity index (χ1n) is 8.29. The minimum Gasteiger partial charge on any atom is -0.489 e. The molecule has 0 amide bonds. The minimum absolute atomic E-state index is 0.395. The highest BCUT2D eigenvalue weighted by atomic mass is 35.5. The van der Waals surface area contributed by atoms with E-state index in [-0.39, 0.29) is 0 Å². The van der Waals surface area contributed by atoms with E-state index < -0.39 is 0 Å². The first-order valence-corrected chi connectivity index (χ1v) is 9.05. The molecule has 0 atom stereocenters. The van der Waals surface area contributed by atoms with Crippen molar-refractivity contribution in [2.24, 2.45) is 4.99 Å². The van der Waals surface area contributed by atoms with E-state index >= 15 is 0 Å². The summed E-state index contributed by atoms with van der Waals surface area (Å²) >= 11 is 12.1. The molecule has 0 N–H and O–H groups in total. The van der Waals surface area contributed by atoms with E-state index in [0.29, 0.717) is 16.7 Å². The number of aryl methyl sites for hydroxylation is 2. The lowest BCUT2D eigenvalue weighted by Gasteiger charge is -2.08. The van der Waals surface area contributed by atoms with Crippen molar-refractivity contribution in [3.05, 3.63) is 93.0 Å². The summed E-state index contributed by atoms with van der Waals surface area (Å²) in [5.74, 6) is 0.777. The first kappa shape index (κ1) is 18.5. The van der Waals surface area contributed by atoms with E-state index in [1.165, 1.54) is 11.1 Å². The number of aliphatic imine (C=N–C) groups is 1. The van der Waals surface area contributed by atoms with Crippen molar-refractivity contribution in [1.29, 1.82) is 0 Å². The minimum atomic E-state index is 0.395. The van der Waals surface area contributed by atoms with Gasteiger partial charge in [0.05, 0.1) is 5.69 Å². The zero-order chi connectivity index (χ0) is 18.5. The van der Waals surface area contributed by atoms with Crippen LogP contribution in [-0.2, 0) is 6.61 Å². The van der Waals surface area contributed by atoms with E-state index in [1.807, 2.05) is 42.6 Å². The number of benzene rings is 3. The van der Waals surface area contributed by atoms with Gasteiger partial charge in [0.25, 0.3) is 0 Å². The zero-order valence-electron chi connectivity index (χ0n) is 14.7. The zero-order valence-corrected chi connectivity index (χ0v) is 16.2. The summed E-state index contributed by atoms with van der Waals surface area (Å²) in [5, 5.41) is 1.22. The Bertz CT molecular complexity index is 933. The first-order chi connectivity index (χ1) is 12.5. The molecule has 0 radical (unpaired) electrons. The maximum atomic E-state index is 6.16. The van der Waals surface area contributed by atoms with Gasteiger partial charge in [-0.2, -0.15) is 0 Å². The van der Waals surface area contributed by atoms with Gasteiger partial charge in [0.15, 0.2) is 0 Å². The Labute approximate surface area is 164 Å². The molecule has 26 heavy (non-hydrogen) atoms. The lowest BCUT2D eigenvalue weighted by Crippen LogP contribution is -1.96. The normalized spacial score (nSPS) is 11.1. The third kappa shape index (κ3) is 4.87. The molecule has 2 nitrogen and oxygen atoms in total. The third-order valence-electron chi connectivity index (χ3n) is 4.14. The smallest absolute Gasteiger partial charge is 0.119 e. The van der Waals surface area contributed by atoms with Crippen molar-refractivity contribution in [2.75, 3.05) is 0 Å². The Morgan fingerprint density at radius 3 is 2.35 bits per heavy atom. The molecular formula is C22H19Cl2NO. The SMILES string of the molecule is Cc1ccc(N=Cc2ccc(OCc3ccc(Cl)cc3Cl)cc2)cc1C. The van der Waals surface area contributed by atoms with E-state index in [2.05, 4.69) is 31.0 Å². The lowest BCUT2D eigenvalue weighted by atomic mass is 10.1. The van der Waals surface area contributed by atoms with Crippen LogP contribution in [0, 0.1) is 13.8 Å². The summed E-state index contributed by atoms with van der Waals surface area (Å²) in [6, 6.07) is 19.4. The number of nitrogens with zero attached hydrogens (tertiary/aromatic N) is 1. The Hall–Kier alpha value is -2.29. The largest absolute Gasteiger partial charge is 0.489 e. The van der Waals surface area contributed by atoms with Crippen LogP contribution in [0.3, 0.4) is 0 Å². The fourth-order valence-electron chi connectivity index (χ4n) is 2.40. The summed E-state index contributed by atoms with van der Waals surface area (Å²) in [4.78, 5) is 4.53. The van der Waals surface area contributed by atoms with E-state index in [9.17, 15) is 0 Å². The molecule has 132 valence electrons. The molecule has 0 aliphatic rings. The van der Waals surface area contributed by atoms with Crippen molar-refractivity contribution >= 4 is 35.1 Å². The molecular weight excluding hydrogens is 365 g/mol. The molecule has 3 aromatic rings. The average Bonchev–Trinajstić information content (AvgIpc) is 2.63. The van der Waals surface area contributed by atoms with E-state index in [1.54, 1.807) is 12.1 Å². The van der Waals surface area contributed by atoms with Gasteiger partial charge in [-0.3, -0.25) is 4.99 Å². The number of hydrogen-bond donors (Lipinski definition) is 0. The predicted molar refractivity (Wildman–Crippen MR) is 110 cm³/mol. The second kappa shape index (κ2) is 8.39. The maximum absolute atomic E-state index is 6.16. The van der Waals surface area contributed by atoms with Crippen LogP contribution >= 0.6 is 23.2 Å². The van der Waals surface area contributed by atoms with E-state index in [0.717, 1.165) is 22.6 Å². The van der Waals surface area contributed by atoms with Crippen LogP contribution in [0.1, 0.15) is 22.3 Å². The lowest BCUT2D eigenvalue weighted by molar-refractivity contribution is 0.306. The summed E-state index contributed by atoms with van der Waals surface area (Å²) in [6.45, 7) is 4.58. The van der Waals surface area contributed by atoms with Crippen LogP contribution in [0.15, 0.2) is 65.7 Å². The van der Waals surface area contributed by atoms with Gasteiger partial charge in [0.1, 0.15) is 12.4 Å². The summed E-state index contributed by atoms with van der Waals surface area (Å²) in [7, 11) is 0. The molecule has 0 bridgehead atoms. The molecule has 0 saturated heterocycles. The second-order valence-corrected chi connectivity index (χ2v) is 6.96. The number of halogens is 2. The van der Waals surface area contributed by atoms with Gasteiger partial charge in [-0.25, -0.2) is 0 Å². The maximum Gasteiger partial charge on any atom is 0.119 e. The van der Waals surface area contributed by atoms with Crippen LogP contribution in [0.2, 0.25) is 10.0 Å². The Balaban J connectivity index is 1.62. The molecule has 0 fully saturated rings. The molecule has 3 rings (SSSR count). The summed E-state index contributed by atoms with van der Waals surface area (Å²) in [6.07, 6.45) is 1.85. The topological polar surface area (TPSA) is 21.6 Å². The van der Waals surface area contributed by atoms with Gasteiger partial charge in [-0.15, -0.1) is 0 Å². The number of rotatable bonds is 5. The van der Waals surface area contributed by atoms with Crippen molar-refractivity contribution in [2.45, 2.75) is 20.5 Å². The molecule has 0 spiro atoms. The van der Waals surface area contributed by atoms with Gasteiger partial charge in [0, 0.05) is 21.8 Å². The predicted octanol–water partition coefficient (Wildman–Crippen LogP) is 6.94. The van der Waals surface area contributed by atoms with Crippen LogP contribution < -0.4 is 4.74 Å². The molecule has 0 aromatic heterocycles. The monoisotopic (exact) mass is 383 g/mol. The van der Waals surface area contributed by atoms with Gasteiger partial charge in [-0.1, -0.05) is 35.3 Å². The molecule has 0 heterocycles. The van der Waals surface area contributed by atoms with Crippen molar-refractivity contribution < 1.29 is 4.74 Å². The van der Waals surface area contributed by atoms with E-state index in [4.69, 9.17) is 27.9 Å². The molecule has 0 aliphatic carbocycles. The van der Waals surface area contributed by atoms with Crippen molar-refractivity contribution in [1.82, 2.24) is 0 Å². The van der Waals surface area contributed by atoms with Crippen LogP contribution in [0.25, 0.3) is 0 Å². The quantitative estimate of drug-likeness (QED) is 0.437. The van der Waals surface area contributed by atoms with Gasteiger partial charge in [0.2, 0.25) is 0 Å². The van der Waals surface area contributed by atoms with Gasteiger partial charge in [-0.05, 0) is 79.1 Å². The molecule has 0 unspecified atom stereocenters. The summed E-state index contributed by atoms with van der Waals surface area (Å²) < 4.78 is 5.79. The van der Waals surface area contributed by atoms with Crippen molar-refractivity contribution in [3.8, 4) is 5.75 Å². The Morgan fingerprint density at radius 1 is 0.885 bits per heavy atom. The fourth-order valence-corrected chi connectivity index (χ4v) is 2.87. The van der Waals surface area contributed by atoms with Gasteiger partial charge < -0.3 is 4.74 Å². The standard InChI is InChI=1S/C22H19Cl2NO/c1-15-3-8-20(11-16(15)2)25-13-17-4-9-21(10-5-17)26-14-18-6-7-19(23)12-22(18)24/h3-13H,14H2,1-2H3. The molecule has 0 aliphatic heterocycles. The Morgan fingerprint density at radius 2 is 1.65 bits per heavy atom. The highest BCUT2D eigenvalue weighted by Gasteiger charge is 2.03. The number of ether oxygens (including phenoxy) is 1. The highest BCUT2D eigenvalue weighted by Crippen LogP contribution is 2.23. The molecule has 3 aromatic carbocycles. The summed E-state index contributed by atoms with van der Waals surface area (Å²) in [5.41, 5.74) is 5.37. The Kier molecular flexibility index (Phi) is 5.97. The third-order valence-corrected chi connectivity index (χ3v) is 4.73. The van der Waals surface area contributed by atoms with Crippen molar-refractivity contribution in [3.63, 3.8) is 0 Å². The number of hydrogen-bond acceptors (Lipinski definition) is 2. The molecule has 4 heteroatoms. The second-order valence-electron chi connectivity index (χ2n) is 6.12. The van der Waals surface area contributed by atoms with Gasteiger partial charge >= 0.3 is 0 Å². The van der Waals surface area contributed by atoms with Crippen LogP contribution in [0.5, 0.6) is 5.75 Å². The van der Waals surface area contributed by atoms with Crippen LogP contribution in [-0.4, -0.2) is 6.21 Å². The molecule has 0 saturated carbocycles. The average molecular weight is 384 g/mol.